The molecule has 5 aromatic rings. The Balaban J connectivity index is 1.30. The lowest BCUT2D eigenvalue weighted by molar-refractivity contribution is -0.0797. The van der Waals surface area contributed by atoms with E-state index in [1.165, 1.54) is 6.07 Å². The minimum atomic E-state index is -3.89. The number of ether oxygens (including phenoxy) is 2. The highest BCUT2D eigenvalue weighted by molar-refractivity contribution is 7.89. The number of rotatable bonds is 5. The summed E-state index contributed by atoms with van der Waals surface area (Å²) in [5, 5.41) is 14.2. The third-order valence-corrected chi connectivity index (χ3v) is 8.01. The molecule has 0 aliphatic carbocycles. The first-order valence-electron chi connectivity index (χ1n) is 13.0. The number of benzene rings is 3. The number of nitrogens with one attached hydrogen (secondary N) is 1. The molecule has 6 rings (SSSR count). The van der Waals surface area contributed by atoms with Crippen molar-refractivity contribution in [2.24, 2.45) is 5.14 Å². The second-order valence-corrected chi connectivity index (χ2v) is 12.7. The Morgan fingerprint density at radius 3 is 2.32 bits per heavy atom. The molecule has 0 saturated carbocycles. The Hall–Kier alpha value is -4.32. The molecule has 1 fully saturated rings. The number of carbonyl (C=O) groups is 1. The minimum absolute atomic E-state index is 0.0727. The summed E-state index contributed by atoms with van der Waals surface area (Å²) in [6.07, 6.45) is 4.90. The van der Waals surface area contributed by atoms with Crippen molar-refractivity contribution in [2.45, 2.75) is 36.8 Å². The zero-order valence-corrected chi connectivity index (χ0v) is 23.6. The van der Waals surface area contributed by atoms with Crippen LogP contribution in [-0.4, -0.2) is 47.9 Å². The monoisotopic (exact) mass is 571 g/mol. The van der Waals surface area contributed by atoms with Crippen LogP contribution in [0.2, 0.25) is 0 Å². The maximum atomic E-state index is 12.5. The standard InChI is InChI=1S/C30H29N5O5S/c1-29(2,3)40-28(36)34-30(17-39-18-30)21-10-8-19(9-11-21)20-14-32-27-25(15-33-35(27)16-20)23-12-13-26(41(31,37)38)24-7-5-4-6-22(23)24/h4-16H,17-18H2,1-3H3,(H,34,36)(H2,31,37,38). The fourth-order valence-electron chi connectivity index (χ4n) is 5.07. The fraction of sp³-hybridized carbons (Fsp3) is 0.233. The van der Waals surface area contributed by atoms with Gasteiger partial charge in [-0.3, -0.25) is 0 Å². The summed E-state index contributed by atoms with van der Waals surface area (Å²) in [4.78, 5) is 17.2. The number of alkyl carbamates (subject to hydrolysis) is 1. The van der Waals surface area contributed by atoms with E-state index in [4.69, 9.17) is 19.6 Å². The zero-order valence-electron chi connectivity index (χ0n) is 22.8. The Labute approximate surface area is 237 Å². The molecular formula is C30H29N5O5S. The summed E-state index contributed by atoms with van der Waals surface area (Å²) in [6, 6.07) is 18.3. The van der Waals surface area contributed by atoms with E-state index in [2.05, 4.69) is 10.4 Å². The van der Waals surface area contributed by atoms with Crippen molar-refractivity contribution in [3.63, 3.8) is 0 Å². The average molecular weight is 572 g/mol. The van der Waals surface area contributed by atoms with Crippen molar-refractivity contribution in [1.29, 1.82) is 0 Å². The lowest BCUT2D eigenvalue weighted by Crippen LogP contribution is -2.60. The largest absolute Gasteiger partial charge is 0.444 e. The number of fused-ring (bicyclic) bond motifs is 2. The number of nitrogens with zero attached hydrogens (tertiary/aromatic N) is 3. The lowest BCUT2D eigenvalue weighted by atomic mass is 9.87. The zero-order chi connectivity index (χ0) is 29.0. The molecule has 1 aliphatic heterocycles. The normalized spacial score (nSPS) is 15.0. The summed E-state index contributed by atoms with van der Waals surface area (Å²) in [7, 11) is -3.89. The number of aromatic nitrogens is 3. The highest BCUT2D eigenvalue weighted by atomic mass is 32.2. The number of nitrogens with two attached hydrogens (primary N) is 1. The predicted molar refractivity (Wildman–Crippen MR) is 155 cm³/mol. The van der Waals surface area contributed by atoms with Gasteiger partial charge in [-0.05, 0) is 48.9 Å². The maximum absolute atomic E-state index is 12.5. The van der Waals surface area contributed by atoms with Crippen LogP contribution in [0.25, 0.3) is 38.7 Å². The van der Waals surface area contributed by atoms with E-state index in [9.17, 15) is 13.2 Å². The van der Waals surface area contributed by atoms with E-state index in [0.717, 1.165) is 33.2 Å². The smallest absolute Gasteiger partial charge is 0.408 e. The molecule has 1 amide bonds. The van der Waals surface area contributed by atoms with Gasteiger partial charge in [-0.1, -0.05) is 54.6 Å². The number of hydrogen-bond donors (Lipinski definition) is 2. The summed E-state index contributed by atoms with van der Waals surface area (Å²) in [5.41, 5.74) is 3.67. The van der Waals surface area contributed by atoms with Gasteiger partial charge in [0.05, 0.1) is 24.3 Å². The Morgan fingerprint density at radius 1 is 0.976 bits per heavy atom. The van der Waals surface area contributed by atoms with Crippen LogP contribution in [0, 0.1) is 0 Å². The molecule has 0 unspecified atom stereocenters. The van der Waals surface area contributed by atoms with Crippen LogP contribution in [0.15, 0.2) is 84.1 Å². The average Bonchev–Trinajstić information content (AvgIpc) is 3.32. The molecule has 0 spiro atoms. The summed E-state index contributed by atoms with van der Waals surface area (Å²) >= 11 is 0. The first kappa shape index (κ1) is 26.9. The summed E-state index contributed by atoms with van der Waals surface area (Å²) < 4.78 is 36.9. The number of primary sulfonamides is 1. The van der Waals surface area contributed by atoms with Gasteiger partial charge < -0.3 is 14.8 Å². The molecular weight excluding hydrogens is 542 g/mol. The molecule has 41 heavy (non-hydrogen) atoms. The SMILES string of the molecule is CC(C)(C)OC(=O)NC1(c2ccc(-c3cnc4c(-c5ccc(S(N)(=O)=O)c6ccccc56)cnn4c3)cc2)COC1. The van der Waals surface area contributed by atoms with Gasteiger partial charge in [0.2, 0.25) is 10.0 Å². The molecule has 2 aromatic heterocycles. The van der Waals surface area contributed by atoms with Gasteiger partial charge in [0, 0.05) is 28.9 Å². The highest BCUT2D eigenvalue weighted by Gasteiger charge is 2.42. The fourth-order valence-corrected chi connectivity index (χ4v) is 5.81. The molecule has 10 nitrogen and oxygen atoms in total. The second-order valence-electron chi connectivity index (χ2n) is 11.2. The third kappa shape index (κ3) is 5.03. The molecule has 210 valence electrons. The Bertz CT molecular complexity index is 1910. The molecule has 1 saturated heterocycles. The van der Waals surface area contributed by atoms with Crippen LogP contribution in [0.5, 0.6) is 0 Å². The number of carbonyl (C=O) groups excluding carboxylic acids is 1. The number of hydrogen-bond acceptors (Lipinski definition) is 7. The first-order valence-corrected chi connectivity index (χ1v) is 14.6. The van der Waals surface area contributed by atoms with Crippen LogP contribution in [0.4, 0.5) is 4.79 Å². The van der Waals surface area contributed by atoms with Crippen molar-refractivity contribution in [1.82, 2.24) is 19.9 Å². The van der Waals surface area contributed by atoms with E-state index in [-0.39, 0.29) is 4.90 Å². The molecule has 3 N–H and O–H groups in total. The van der Waals surface area contributed by atoms with Crippen molar-refractivity contribution in [2.75, 3.05) is 13.2 Å². The van der Waals surface area contributed by atoms with Gasteiger partial charge in [0.1, 0.15) is 11.1 Å². The van der Waals surface area contributed by atoms with Gasteiger partial charge in [-0.15, -0.1) is 0 Å². The quantitative estimate of drug-likeness (QED) is 0.314. The van der Waals surface area contributed by atoms with Crippen molar-refractivity contribution < 1.29 is 22.7 Å². The minimum Gasteiger partial charge on any atom is -0.444 e. The molecule has 3 heterocycles. The van der Waals surface area contributed by atoms with Gasteiger partial charge in [0.25, 0.3) is 0 Å². The highest BCUT2D eigenvalue weighted by Crippen LogP contribution is 2.35. The first-order chi connectivity index (χ1) is 19.4. The van der Waals surface area contributed by atoms with Crippen molar-refractivity contribution in [3.05, 3.63) is 84.8 Å². The van der Waals surface area contributed by atoms with Gasteiger partial charge >= 0.3 is 6.09 Å². The number of amides is 1. The third-order valence-electron chi connectivity index (χ3n) is 7.05. The van der Waals surface area contributed by atoms with E-state index in [0.29, 0.717) is 24.2 Å². The van der Waals surface area contributed by atoms with Crippen LogP contribution in [-0.2, 0) is 25.0 Å². The molecule has 11 heteroatoms. The van der Waals surface area contributed by atoms with Crippen LogP contribution < -0.4 is 10.5 Å². The van der Waals surface area contributed by atoms with E-state index >= 15 is 0 Å². The summed E-state index contributed by atoms with van der Waals surface area (Å²) in [6.45, 7) is 6.20. The lowest BCUT2D eigenvalue weighted by Gasteiger charge is -2.42. The predicted octanol–water partition coefficient (Wildman–Crippen LogP) is 4.61. The van der Waals surface area contributed by atoms with Gasteiger partial charge in [-0.25, -0.2) is 27.9 Å². The topological polar surface area (TPSA) is 138 Å². The van der Waals surface area contributed by atoms with Crippen molar-refractivity contribution >= 4 is 32.5 Å². The Kier molecular flexibility index (Phi) is 6.33. The summed E-state index contributed by atoms with van der Waals surface area (Å²) in [5.74, 6) is 0. The Morgan fingerprint density at radius 2 is 1.68 bits per heavy atom. The maximum Gasteiger partial charge on any atom is 0.408 e. The van der Waals surface area contributed by atoms with Crippen LogP contribution in [0.1, 0.15) is 26.3 Å². The molecule has 0 radical (unpaired) electrons. The molecule has 3 aromatic carbocycles. The van der Waals surface area contributed by atoms with E-state index in [1.54, 1.807) is 35.1 Å². The number of sulfonamides is 1. The molecule has 0 bridgehead atoms. The van der Waals surface area contributed by atoms with Gasteiger partial charge in [-0.2, -0.15) is 5.10 Å². The second kappa shape index (κ2) is 9.65. The van der Waals surface area contributed by atoms with Crippen molar-refractivity contribution in [3.8, 4) is 22.3 Å². The van der Waals surface area contributed by atoms with Crippen LogP contribution >= 0.6 is 0 Å². The van der Waals surface area contributed by atoms with Gasteiger partial charge in [0.15, 0.2) is 5.65 Å². The van der Waals surface area contributed by atoms with Crippen LogP contribution in [0.3, 0.4) is 0 Å². The van der Waals surface area contributed by atoms with E-state index in [1.807, 2.05) is 63.4 Å². The van der Waals surface area contributed by atoms with E-state index < -0.39 is 27.3 Å². The molecule has 0 atom stereocenters. The molecule has 1 aliphatic rings.